The second-order valence-electron chi connectivity index (χ2n) is 9.11. The number of anilines is 2. The van der Waals surface area contributed by atoms with Crippen LogP contribution in [0.4, 0.5) is 11.5 Å². The van der Waals surface area contributed by atoms with Crippen molar-refractivity contribution >= 4 is 39.2 Å². The van der Waals surface area contributed by atoms with Crippen LogP contribution in [0, 0.1) is 26.7 Å². The van der Waals surface area contributed by atoms with E-state index in [1.54, 1.807) is 11.2 Å². The van der Waals surface area contributed by atoms with Crippen molar-refractivity contribution in [3.63, 3.8) is 0 Å². The van der Waals surface area contributed by atoms with E-state index in [1.165, 1.54) is 0 Å². The summed E-state index contributed by atoms with van der Waals surface area (Å²) in [6.07, 6.45) is 2.04. The second kappa shape index (κ2) is 9.41. The van der Waals surface area contributed by atoms with Crippen molar-refractivity contribution < 1.29 is 9.59 Å². The SMILES string of the molecule is Cc1nc(N2CCN(C(=O)C3CC(=O)N(c4cccc(Br)c4)C3)CC2)cc(-n2cnc(C)c2C)n1. The van der Waals surface area contributed by atoms with E-state index in [0.717, 1.165) is 33.2 Å². The van der Waals surface area contributed by atoms with Crippen LogP contribution in [0.5, 0.6) is 0 Å². The molecular formula is C25H28BrN7O2. The molecule has 0 saturated carbocycles. The van der Waals surface area contributed by atoms with E-state index in [1.807, 2.05) is 60.6 Å². The number of benzene rings is 1. The summed E-state index contributed by atoms with van der Waals surface area (Å²) in [6, 6.07) is 9.61. The number of hydrogen-bond acceptors (Lipinski definition) is 6. The van der Waals surface area contributed by atoms with E-state index in [4.69, 9.17) is 0 Å². The van der Waals surface area contributed by atoms with Crippen molar-refractivity contribution in [2.75, 3.05) is 42.5 Å². The molecule has 4 heterocycles. The van der Waals surface area contributed by atoms with Gasteiger partial charge in [0.1, 0.15) is 23.8 Å². The van der Waals surface area contributed by atoms with Gasteiger partial charge in [0.2, 0.25) is 11.8 Å². The van der Waals surface area contributed by atoms with Gasteiger partial charge in [-0.15, -0.1) is 0 Å². The van der Waals surface area contributed by atoms with Gasteiger partial charge in [0.25, 0.3) is 0 Å². The first kappa shape index (κ1) is 23.5. The number of imidazole rings is 1. The quantitative estimate of drug-likeness (QED) is 0.508. The molecule has 0 N–H and O–H groups in total. The largest absolute Gasteiger partial charge is 0.353 e. The van der Waals surface area contributed by atoms with E-state index in [9.17, 15) is 9.59 Å². The molecule has 2 aliphatic heterocycles. The van der Waals surface area contributed by atoms with Crippen LogP contribution in [-0.4, -0.2) is 69.0 Å². The Bertz CT molecular complexity index is 1280. The highest BCUT2D eigenvalue weighted by Crippen LogP contribution is 2.29. The van der Waals surface area contributed by atoms with E-state index in [2.05, 4.69) is 35.8 Å². The molecule has 2 fully saturated rings. The molecule has 10 heteroatoms. The maximum Gasteiger partial charge on any atom is 0.228 e. The molecule has 2 aliphatic rings. The van der Waals surface area contributed by atoms with Crippen molar-refractivity contribution in [2.45, 2.75) is 27.2 Å². The Kier molecular flexibility index (Phi) is 6.31. The zero-order valence-corrected chi connectivity index (χ0v) is 21.7. The summed E-state index contributed by atoms with van der Waals surface area (Å²) in [7, 11) is 0. The summed E-state index contributed by atoms with van der Waals surface area (Å²) in [6.45, 7) is 8.87. The summed E-state index contributed by atoms with van der Waals surface area (Å²) < 4.78 is 2.89. The number of aryl methyl sites for hydroxylation is 2. The lowest BCUT2D eigenvalue weighted by molar-refractivity contribution is -0.136. The fourth-order valence-electron chi connectivity index (χ4n) is 4.73. The highest BCUT2D eigenvalue weighted by molar-refractivity contribution is 9.10. The van der Waals surface area contributed by atoms with Gasteiger partial charge in [-0.25, -0.2) is 15.0 Å². The summed E-state index contributed by atoms with van der Waals surface area (Å²) >= 11 is 3.46. The first-order valence-corrected chi connectivity index (χ1v) is 12.6. The topological polar surface area (TPSA) is 87.5 Å². The van der Waals surface area contributed by atoms with Gasteiger partial charge in [0, 0.05) is 61.1 Å². The monoisotopic (exact) mass is 537 g/mol. The first-order chi connectivity index (χ1) is 16.8. The zero-order valence-electron chi connectivity index (χ0n) is 20.1. The Hall–Kier alpha value is -3.27. The highest BCUT2D eigenvalue weighted by Gasteiger charge is 2.38. The van der Waals surface area contributed by atoms with Crippen LogP contribution < -0.4 is 9.80 Å². The Morgan fingerprint density at radius 3 is 2.46 bits per heavy atom. The van der Waals surface area contributed by atoms with Crippen molar-refractivity contribution in [3.8, 4) is 5.82 Å². The fraction of sp³-hybridized carbons (Fsp3) is 0.400. The molecule has 3 aromatic rings. The molecule has 2 saturated heterocycles. The molecule has 1 atom stereocenters. The average molecular weight is 538 g/mol. The smallest absolute Gasteiger partial charge is 0.228 e. The first-order valence-electron chi connectivity index (χ1n) is 11.8. The van der Waals surface area contributed by atoms with Crippen molar-refractivity contribution in [1.29, 1.82) is 0 Å². The Labute approximate surface area is 212 Å². The minimum absolute atomic E-state index is 0.00546. The molecule has 0 radical (unpaired) electrons. The van der Waals surface area contributed by atoms with Crippen LogP contribution in [-0.2, 0) is 9.59 Å². The number of piperazine rings is 1. The van der Waals surface area contributed by atoms with Crippen molar-refractivity contribution in [2.24, 2.45) is 5.92 Å². The van der Waals surface area contributed by atoms with Crippen molar-refractivity contribution in [1.82, 2.24) is 24.4 Å². The van der Waals surface area contributed by atoms with Crippen LogP contribution in [0.25, 0.3) is 5.82 Å². The molecule has 5 rings (SSSR count). The molecule has 182 valence electrons. The van der Waals surface area contributed by atoms with Crippen LogP contribution in [0.2, 0.25) is 0 Å². The molecule has 0 bridgehead atoms. The zero-order chi connectivity index (χ0) is 24.7. The molecule has 2 amide bonds. The lowest BCUT2D eigenvalue weighted by Crippen LogP contribution is -2.51. The number of nitrogens with zero attached hydrogens (tertiary/aromatic N) is 7. The van der Waals surface area contributed by atoms with Crippen LogP contribution >= 0.6 is 15.9 Å². The van der Waals surface area contributed by atoms with Gasteiger partial charge in [-0.3, -0.25) is 14.2 Å². The number of hydrogen-bond donors (Lipinski definition) is 0. The Morgan fingerprint density at radius 1 is 1.03 bits per heavy atom. The predicted molar refractivity (Wildman–Crippen MR) is 137 cm³/mol. The number of amides is 2. The number of halogens is 1. The predicted octanol–water partition coefficient (Wildman–Crippen LogP) is 3.05. The van der Waals surface area contributed by atoms with Crippen LogP contribution in [0.1, 0.15) is 23.6 Å². The third-order valence-electron chi connectivity index (χ3n) is 6.82. The van der Waals surface area contributed by atoms with Gasteiger partial charge in [-0.1, -0.05) is 22.0 Å². The molecule has 0 aliphatic carbocycles. The number of rotatable bonds is 4. The minimum atomic E-state index is -0.312. The van der Waals surface area contributed by atoms with E-state index < -0.39 is 0 Å². The summed E-state index contributed by atoms with van der Waals surface area (Å²) in [5.41, 5.74) is 2.84. The lowest BCUT2D eigenvalue weighted by Gasteiger charge is -2.36. The van der Waals surface area contributed by atoms with Gasteiger partial charge in [-0.05, 0) is 39.0 Å². The van der Waals surface area contributed by atoms with Gasteiger partial charge in [0.05, 0.1) is 11.6 Å². The highest BCUT2D eigenvalue weighted by atomic mass is 79.9. The second-order valence-corrected chi connectivity index (χ2v) is 10.0. The molecule has 1 aromatic carbocycles. The van der Waals surface area contributed by atoms with Crippen LogP contribution in [0.3, 0.4) is 0 Å². The normalized spacial score (nSPS) is 18.5. The van der Waals surface area contributed by atoms with Gasteiger partial charge >= 0.3 is 0 Å². The molecular weight excluding hydrogens is 510 g/mol. The molecule has 2 aromatic heterocycles. The van der Waals surface area contributed by atoms with E-state index in [0.29, 0.717) is 38.5 Å². The molecule has 0 spiro atoms. The third-order valence-corrected chi connectivity index (χ3v) is 7.31. The van der Waals surface area contributed by atoms with E-state index in [-0.39, 0.29) is 24.2 Å². The minimum Gasteiger partial charge on any atom is -0.353 e. The summed E-state index contributed by atoms with van der Waals surface area (Å²) in [5, 5.41) is 0. The summed E-state index contributed by atoms with van der Waals surface area (Å²) in [4.78, 5) is 45.3. The van der Waals surface area contributed by atoms with Crippen molar-refractivity contribution in [3.05, 3.63) is 58.3 Å². The Balaban J connectivity index is 1.24. The van der Waals surface area contributed by atoms with Crippen LogP contribution in [0.15, 0.2) is 41.1 Å². The lowest BCUT2D eigenvalue weighted by atomic mass is 10.1. The number of carbonyl (C=O) groups excluding carboxylic acids is 2. The maximum absolute atomic E-state index is 13.2. The maximum atomic E-state index is 13.2. The average Bonchev–Trinajstić information content (AvgIpc) is 3.40. The Morgan fingerprint density at radius 2 is 1.77 bits per heavy atom. The van der Waals surface area contributed by atoms with Gasteiger partial charge < -0.3 is 14.7 Å². The summed E-state index contributed by atoms with van der Waals surface area (Å²) in [5.74, 6) is 2.07. The van der Waals surface area contributed by atoms with Gasteiger partial charge in [0.15, 0.2) is 0 Å². The van der Waals surface area contributed by atoms with Gasteiger partial charge in [-0.2, -0.15) is 0 Å². The fourth-order valence-corrected chi connectivity index (χ4v) is 5.12. The molecule has 1 unspecified atom stereocenters. The molecule has 35 heavy (non-hydrogen) atoms. The number of carbonyl (C=O) groups is 2. The standard InChI is InChI=1S/C25H28BrN7O2/c1-16-17(2)33(15-27-16)23-13-22(28-18(3)29-23)30-7-9-31(10-8-30)25(35)19-11-24(34)32(14-19)21-6-4-5-20(26)12-21/h4-6,12-13,15,19H,7-11,14H2,1-3H3. The van der Waals surface area contributed by atoms with E-state index >= 15 is 0 Å². The third kappa shape index (κ3) is 4.67. The number of aromatic nitrogens is 4. The molecule has 9 nitrogen and oxygen atoms in total.